The molecule has 0 bridgehead atoms. The van der Waals surface area contributed by atoms with E-state index in [1.165, 1.54) is 0 Å². The molecule has 0 unspecified atom stereocenters. The Balaban J connectivity index is 2.11. The lowest BCUT2D eigenvalue weighted by Crippen LogP contribution is -2.28. The van der Waals surface area contributed by atoms with Crippen LogP contribution in [0.5, 0.6) is 5.75 Å². The lowest BCUT2D eigenvalue weighted by molar-refractivity contribution is 0.0950. The van der Waals surface area contributed by atoms with Crippen molar-refractivity contribution in [1.82, 2.24) is 5.32 Å². The second-order valence-electron chi connectivity index (χ2n) is 6.06. The van der Waals surface area contributed by atoms with Crippen LogP contribution >= 0.6 is 0 Å². The Kier molecular flexibility index (Phi) is 6.57. The number of nitrogens with one attached hydrogen (secondary N) is 2. The highest BCUT2D eigenvalue weighted by Gasteiger charge is 2.14. The third kappa shape index (κ3) is 5.35. The van der Waals surface area contributed by atoms with E-state index in [-0.39, 0.29) is 11.8 Å². The predicted molar refractivity (Wildman–Crippen MR) is 99.2 cm³/mol. The largest absolute Gasteiger partial charge is 0.494 e. The Bertz CT molecular complexity index is 724. The van der Waals surface area contributed by atoms with Crippen LogP contribution < -0.4 is 15.4 Å². The maximum atomic E-state index is 12.4. The Hall–Kier alpha value is -2.82. The van der Waals surface area contributed by atoms with E-state index < -0.39 is 0 Å². The molecule has 25 heavy (non-hydrogen) atoms. The van der Waals surface area contributed by atoms with E-state index in [4.69, 9.17) is 4.74 Å². The maximum absolute atomic E-state index is 12.4. The van der Waals surface area contributed by atoms with Gasteiger partial charge in [0.15, 0.2) is 0 Å². The van der Waals surface area contributed by atoms with Gasteiger partial charge in [-0.25, -0.2) is 0 Å². The minimum absolute atomic E-state index is 0.198. The molecule has 0 saturated heterocycles. The fourth-order valence-electron chi connectivity index (χ4n) is 2.25. The summed E-state index contributed by atoms with van der Waals surface area (Å²) < 4.78 is 5.37. The number of hydrogen-bond donors (Lipinski definition) is 2. The molecule has 0 spiro atoms. The van der Waals surface area contributed by atoms with Gasteiger partial charge >= 0.3 is 0 Å². The summed E-state index contributed by atoms with van der Waals surface area (Å²) in [6, 6.07) is 13.9. The van der Waals surface area contributed by atoms with Crippen LogP contribution in [0.15, 0.2) is 48.5 Å². The molecule has 0 saturated carbocycles. The smallest absolute Gasteiger partial charge is 0.255 e. The minimum Gasteiger partial charge on any atom is -0.494 e. The number of rotatable bonds is 7. The highest BCUT2D eigenvalue weighted by molar-refractivity contribution is 6.09. The molecular formula is C20H24N2O3. The van der Waals surface area contributed by atoms with Crippen molar-refractivity contribution in [3.63, 3.8) is 0 Å². The first-order valence-electron chi connectivity index (χ1n) is 8.42. The molecule has 2 aromatic rings. The average Bonchev–Trinajstić information content (AvgIpc) is 2.61. The van der Waals surface area contributed by atoms with Gasteiger partial charge in [-0.3, -0.25) is 9.59 Å². The summed E-state index contributed by atoms with van der Waals surface area (Å²) in [5, 5.41) is 5.67. The number of amides is 2. The molecule has 0 radical (unpaired) electrons. The van der Waals surface area contributed by atoms with Crippen molar-refractivity contribution in [1.29, 1.82) is 0 Å². The zero-order valence-electron chi connectivity index (χ0n) is 14.8. The molecule has 0 aromatic heterocycles. The lowest BCUT2D eigenvalue weighted by atomic mass is 10.1. The topological polar surface area (TPSA) is 67.4 Å². The molecule has 2 aromatic carbocycles. The summed E-state index contributed by atoms with van der Waals surface area (Å²) in [4.78, 5) is 24.8. The number of carbonyl (C=O) groups excluding carboxylic acids is 2. The standard InChI is InChI=1S/C20H24N2O3/c1-4-25-16-11-9-15(10-12-16)19(23)22-18-8-6-5-7-17(18)20(24)21-13-14(2)3/h5-12,14H,4,13H2,1-3H3,(H,21,24)(H,22,23). The van der Waals surface area contributed by atoms with E-state index in [0.717, 1.165) is 0 Å². The summed E-state index contributed by atoms with van der Waals surface area (Å²) in [6.07, 6.45) is 0. The van der Waals surface area contributed by atoms with Crippen LogP contribution in [0.4, 0.5) is 5.69 Å². The number of ether oxygens (including phenoxy) is 1. The van der Waals surface area contributed by atoms with Gasteiger partial charge in [0.2, 0.25) is 0 Å². The summed E-state index contributed by atoms with van der Waals surface area (Å²) in [7, 11) is 0. The summed E-state index contributed by atoms with van der Waals surface area (Å²) >= 11 is 0. The highest BCUT2D eigenvalue weighted by atomic mass is 16.5. The van der Waals surface area contributed by atoms with Gasteiger partial charge < -0.3 is 15.4 Å². The first-order valence-corrected chi connectivity index (χ1v) is 8.42. The van der Waals surface area contributed by atoms with Gasteiger partial charge in [-0.2, -0.15) is 0 Å². The lowest BCUT2D eigenvalue weighted by Gasteiger charge is -2.12. The van der Waals surface area contributed by atoms with Crippen molar-refractivity contribution < 1.29 is 14.3 Å². The van der Waals surface area contributed by atoms with Crippen molar-refractivity contribution in [2.45, 2.75) is 20.8 Å². The van der Waals surface area contributed by atoms with Crippen molar-refractivity contribution >= 4 is 17.5 Å². The van der Waals surface area contributed by atoms with Gasteiger partial charge in [0.25, 0.3) is 11.8 Å². The van der Waals surface area contributed by atoms with Crippen LogP contribution in [-0.2, 0) is 0 Å². The number of hydrogen-bond acceptors (Lipinski definition) is 3. The van der Waals surface area contributed by atoms with Crippen molar-refractivity contribution in [3.05, 3.63) is 59.7 Å². The zero-order chi connectivity index (χ0) is 18.2. The Morgan fingerprint density at radius 1 is 1.00 bits per heavy atom. The minimum atomic E-state index is -0.271. The SMILES string of the molecule is CCOc1ccc(C(=O)Nc2ccccc2C(=O)NCC(C)C)cc1. The molecule has 0 heterocycles. The number of anilines is 1. The fourth-order valence-corrected chi connectivity index (χ4v) is 2.25. The quantitative estimate of drug-likeness (QED) is 0.807. The third-order valence-corrected chi connectivity index (χ3v) is 3.52. The number of carbonyl (C=O) groups is 2. The second-order valence-corrected chi connectivity index (χ2v) is 6.06. The van der Waals surface area contributed by atoms with Gasteiger partial charge in [0.1, 0.15) is 5.75 Å². The van der Waals surface area contributed by atoms with Gasteiger partial charge in [0, 0.05) is 12.1 Å². The molecule has 0 fully saturated rings. The molecule has 0 aliphatic heterocycles. The van der Waals surface area contributed by atoms with Crippen LogP contribution in [0.2, 0.25) is 0 Å². The van der Waals surface area contributed by atoms with Crippen LogP contribution in [0.25, 0.3) is 0 Å². The first-order chi connectivity index (χ1) is 12.0. The van der Waals surface area contributed by atoms with Crippen molar-refractivity contribution in [3.8, 4) is 5.75 Å². The van der Waals surface area contributed by atoms with Crippen LogP contribution in [0.3, 0.4) is 0 Å². The molecule has 2 N–H and O–H groups in total. The van der Waals surface area contributed by atoms with E-state index in [0.29, 0.717) is 41.6 Å². The van der Waals surface area contributed by atoms with E-state index in [1.54, 1.807) is 48.5 Å². The van der Waals surface area contributed by atoms with Crippen molar-refractivity contribution in [2.24, 2.45) is 5.92 Å². The summed E-state index contributed by atoms with van der Waals surface area (Å²) in [5.41, 5.74) is 1.44. The monoisotopic (exact) mass is 340 g/mol. The fraction of sp³-hybridized carbons (Fsp3) is 0.300. The average molecular weight is 340 g/mol. The predicted octanol–water partition coefficient (Wildman–Crippen LogP) is 3.72. The van der Waals surface area contributed by atoms with Crippen molar-refractivity contribution in [2.75, 3.05) is 18.5 Å². The summed E-state index contributed by atoms with van der Waals surface area (Å²) in [5.74, 6) is 0.602. The van der Waals surface area contributed by atoms with E-state index in [1.807, 2.05) is 20.8 Å². The molecule has 0 atom stereocenters. The Labute approximate surface area is 148 Å². The molecule has 0 aliphatic carbocycles. The molecule has 0 aliphatic rings. The molecular weight excluding hydrogens is 316 g/mol. The second kappa shape index (κ2) is 8.87. The molecule has 5 nitrogen and oxygen atoms in total. The van der Waals surface area contributed by atoms with Gasteiger partial charge in [-0.15, -0.1) is 0 Å². The van der Waals surface area contributed by atoms with Crippen LogP contribution in [0.1, 0.15) is 41.5 Å². The highest BCUT2D eigenvalue weighted by Crippen LogP contribution is 2.18. The zero-order valence-corrected chi connectivity index (χ0v) is 14.8. The van der Waals surface area contributed by atoms with E-state index in [2.05, 4.69) is 10.6 Å². The normalized spacial score (nSPS) is 10.4. The van der Waals surface area contributed by atoms with E-state index >= 15 is 0 Å². The maximum Gasteiger partial charge on any atom is 0.255 e. The molecule has 132 valence electrons. The van der Waals surface area contributed by atoms with Gasteiger partial charge in [-0.1, -0.05) is 26.0 Å². The van der Waals surface area contributed by atoms with Crippen LogP contribution in [0, 0.1) is 5.92 Å². The first kappa shape index (κ1) is 18.5. The third-order valence-electron chi connectivity index (χ3n) is 3.52. The van der Waals surface area contributed by atoms with Crippen LogP contribution in [-0.4, -0.2) is 25.0 Å². The van der Waals surface area contributed by atoms with E-state index in [9.17, 15) is 9.59 Å². The number of para-hydroxylation sites is 1. The molecule has 5 heteroatoms. The molecule has 2 amide bonds. The van der Waals surface area contributed by atoms with Gasteiger partial charge in [0.05, 0.1) is 17.9 Å². The Morgan fingerprint density at radius 2 is 1.68 bits per heavy atom. The van der Waals surface area contributed by atoms with Gasteiger partial charge in [-0.05, 0) is 49.2 Å². The summed E-state index contributed by atoms with van der Waals surface area (Å²) in [6.45, 7) is 7.12. The molecule has 2 rings (SSSR count). The number of benzene rings is 2. The Morgan fingerprint density at radius 3 is 2.32 bits per heavy atom.